The highest BCUT2D eigenvalue weighted by Gasteiger charge is 2.17. The molecule has 0 aliphatic heterocycles. The van der Waals surface area contributed by atoms with Crippen LogP contribution in [0, 0.1) is 17.8 Å². The summed E-state index contributed by atoms with van der Waals surface area (Å²) >= 11 is 0. The van der Waals surface area contributed by atoms with Crippen LogP contribution in [-0.2, 0) is 6.54 Å². The first kappa shape index (κ1) is 10.4. The molecule has 0 fully saturated rings. The monoisotopic (exact) mass is 179 g/mol. The Balaban J connectivity index is 2.58. The minimum absolute atomic E-state index is 0.766. The van der Waals surface area contributed by atoms with Gasteiger partial charge in [0.25, 0.3) is 0 Å². The second-order valence-electron chi connectivity index (χ2n) is 4.53. The zero-order chi connectivity index (χ0) is 9.84. The van der Waals surface area contributed by atoms with Crippen LogP contribution in [-0.4, -0.2) is 4.57 Å². The summed E-state index contributed by atoms with van der Waals surface area (Å²) in [6.07, 6.45) is 4.30. The topological polar surface area (TPSA) is 4.93 Å². The van der Waals surface area contributed by atoms with Crippen LogP contribution in [0.1, 0.15) is 27.7 Å². The van der Waals surface area contributed by atoms with E-state index in [0.29, 0.717) is 0 Å². The Bertz CT molecular complexity index is 213. The first-order valence-corrected chi connectivity index (χ1v) is 5.22. The highest BCUT2D eigenvalue weighted by molar-refractivity contribution is 4.91. The van der Waals surface area contributed by atoms with Gasteiger partial charge in [0.1, 0.15) is 0 Å². The van der Waals surface area contributed by atoms with Gasteiger partial charge in [-0.2, -0.15) is 0 Å². The van der Waals surface area contributed by atoms with Gasteiger partial charge in [0, 0.05) is 18.9 Å². The Morgan fingerprint density at radius 1 is 0.923 bits per heavy atom. The summed E-state index contributed by atoms with van der Waals surface area (Å²) < 4.78 is 2.28. The zero-order valence-electron chi connectivity index (χ0n) is 9.20. The first-order chi connectivity index (χ1) is 6.11. The lowest BCUT2D eigenvalue weighted by Gasteiger charge is -2.25. The van der Waals surface area contributed by atoms with Gasteiger partial charge in [0.15, 0.2) is 0 Å². The lowest BCUT2D eigenvalue weighted by molar-refractivity contribution is 0.252. The lowest BCUT2D eigenvalue weighted by Crippen LogP contribution is -2.21. The summed E-state index contributed by atoms with van der Waals surface area (Å²) in [6, 6.07) is 4.19. The molecule has 0 saturated heterocycles. The Morgan fingerprint density at radius 3 is 1.77 bits per heavy atom. The molecule has 13 heavy (non-hydrogen) atoms. The van der Waals surface area contributed by atoms with Crippen molar-refractivity contribution in [3.8, 4) is 0 Å². The highest BCUT2D eigenvalue weighted by atomic mass is 14.9. The Labute approximate surface area is 81.8 Å². The largest absolute Gasteiger partial charge is 0.354 e. The number of hydrogen-bond donors (Lipinski definition) is 0. The normalized spacial score (nSPS) is 11.9. The van der Waals surface area contributed by atoms with Crippen LogP contribution in [0.3, 0.4) is 0 Å². The van der Waals surface area contributed by atoms with E-state index < -0.39 is 0 Å². The maximum atomic E-state index is 2.31. The standard InChI is InChI=1S/C12H21N/c1-10(2)12(11(3)4)9-13-7-5-6-8-13/h5-8,10-12H,9H2,1-4H3. The molecule has 1 heterocycles. The minimum atomic E-state index is 0.766. The molecule has 0 radical (unpaired) electrons. The molecule has 0 spiro atoms. The van der Waals surface area contributed by atoms with E-state index in [4.69, 9.17) is 0 Å². The van der Waals surface area contributed by atoms with Gasteiger partial charge < -0.3 is 4.57 Å². The molecule has 0 aliphatic rings. The van der Waals surface area contributed by atoms with Gasteiger partial charge in [-0.15, -0.1) is 0 Å². The van der Waals surface area contributed by atoms with Crippen LogP contribution in [0.5, 0.6) is 0 Å². The fraction of sp³-hybridized carbons (Fsp3) is 0.667. The molecule has 0 aliphatic carbocycles. The third-order valence-corrected chi connectivity index (χ3v) is 2.80. The summed E-state index contributed by atoms with van der Waals surface area (Å²) in [5, 5.41) is 0. The second kappa shape index (κ2) is 4.50. The molecule has 1 rings (SSSR count). The average molecular weight is 179 g/mol. The molecule has 1 aromatic rings. The Hall–Kier alpha value is -0.720. The van der Waals surface area contributed by atoms with Crippen molar-refractivity contribution in [2.75, 3.05) is 0 Å². The van der Waals surface area contributed by atoms with Crippen molar-refractivity contribution in [1.29, 1.82) is 0 Å². The maximum Gasteiger partial charge on any atom is 0.0252 e. The molecular formula is C12H21N. The summed E-state index contributed by atoms with van der Waals surface area (Å²) in [4.78, 5) is 0. The average Bonchev–Trinajstić information content (AvgIpc) is 2.50. The number of hydrogen-bond acceptors (Lipinski definition) is 0. The zero-order valence-corrected chi connectivity index (χ0v) is 9.20. The van der Waals surface area contributed by atoms with Crippen LogP contribution in [0.2, 0.25) is 0 Å². The molecule has 0 atom stereocenters. The van der Waals surface area contributed by atoms with Crippen molar-refractivity contribution in [3.05, 3.63) is 24.5 Å². The van der Waals surface area contributed by atoms with E-state index >= 15 is 0 Å². The van der Waals surface area contributed by atoms with Crippen molar-refractivity contribution >= 4 is 0 Å². The number of nitrogens with zero attached hydrogens (tertiary/aromatic N) is 1. The van der Waals surface area contributed by atoms with Gasteiger partial charge in [0.05, 0.1) is 0 Å². The first-order valence-electron chi connectivity index (χ1n) is 5.22. The van der Waals surface area contributed by atoms with E-state index in [-0.39, 0.29) is 0 Å². The van der Waals surface area contributed by atoms with Gasteiger partial charge in [-0.3, -0.25) is 0 Å². The molecule has 0 N–H and O–H groups in total. The van der Waals surface area contributed by atoms with Crippen LogP contribution < -0.4 is 0 Å². The number of aromatic nitrogens is 1. The second-order valence-corrected chi connectivity index (χ2v) is 4.53. The molecule has 0 amide bonds. The van der Waals surface area contributed by atoms with Crippen molar-refractivity contribution in [1.82, 2.24) is 4.57 Å². The van der Waals surface area contributed by atoms with Crippen LogP contribution >= 0.6 is 0 Å². The molecule has 0 bridgehead atoms. The fourth-order valence-corrected chi connectivity index (χ4v) is 1.93. The molecule has 1 aromatic heterocycles. The van der Waals surface area contributed by atoms with Gasteiger partial charge in [-0.25, -0.2) is 0 Å². The van der Waals surface area contributed by atoms with Gasteiger partial charge in [-0.1, -0.05) is 27.7 Å². The summed E-state index contributed by atoms with van der Waals surface area (Å²) in [5.74, 6) is 2.32. The number of rotatable bonds is 4. The van der Waals surface area contributed by atoms with E-state index in [1.165, 1.54) is 0 Å². The molecule has 1 heteroatoms. The van der Waals surface area contributed by atoms with E-state index in [1.807, 2.05) is 0 Å². The summed E-state index contributed by atoms with van der Waals surface area (Å²) in [6.45, 7) is 10.4. The fourth-order valence-electron chi connectivity index (χ4n) is 1.93. The van der Waals surface area contributed by atoms with Crippen LogP contribution in [0.4, 0.5) is 0 Å². The van der Waals surface area contributed by atoms with E-state index in [9.17, 15) is 0 Å². The molecule has 74 valence electrons. The Morgan fingerprint density at radius 2 is 1.38 bits per heavy atom. The maximum absolute atomic E-state index is 2.31. The van der Waals surface area contributed by atoms with Gasteiger partial charge >= 0.3 is 0 Å². The molecule has 0 aromatic carbocycles. The molecule has 1 nitrogen and oxygen atoms in total. The van der Waals surface area contributed by atoms with Crippen molar-refractivity contribution in [2.24, 2.45) is 17.8 Å². The summed E-state index contributed by atoms with van der Waals surface area (Å²) in [7, 11) is 0. The predicted octanol–water partition coefficient (Wildman–Crippen LogP) is 3.42. The SMILES string of the molecule is CC(C)C(Cn1cccc1)C(C)C. The third kappa shape index (κ3) is 2.91. The van der Waals surface area contributed by atoms with Crippen LogP contribution in [0.15, 0.2) is 24.5 Å². The van der Waals surface area contributed by atoms with Crippen molar-refractivity contribution in [2.45, 2.75) is 34.2 Å². The van der Waals surface area contributed by atoms with E-state index in [2.05, 4.69) is 56.8 Å². The molecule has 0 unspecified atom stereocenters. The molecule has 0 saturated carbocycles. The van der Waals surface area contributed by atoms with E-state index in [0.717, 1.165) is 24.3 Å². The van der Waals surface area contributed by atoms with Crippen molar-refractivity contribution < 1.29 is 0 Å². The van der Waals surface area contributed by atoms with E-state index in [1.54, 1.807) is 0 Å². The van der Waals surface area contributed by atoms with Crippen molar-refractivity contribution in [3.63, 3.8) is 0 Å². The minimum Gasteiger partial charge on any atom is -0.354 e. The third-order valence-electron chi connectivity index (χ3n) is 2.80. The van der Waals surface area contributed by atoms with Crippen LogP contribution in [0.25, 0.3) is 0 Å². The predicted molar refractivity (Wildman–Crippen MR) is 57.6 cm³/mol. The summed E-state index contributed by atoms with van der Waals surface area (Å²) in [5.41, 5.74) is 0. The Kier molecular flexibility index (Phi) is 3.58. The quantitative estimate of drug-likeness (QED) is 0.667. The van der Waals surface area contributed by atoms with Gasteiger partial charge in [-0.05, 0) is 29.9 Å². The highest BCUT2D eigenvalue weighted by Crippen LogP contribution is 2.22. The molecular weight excluding hydrogens is 158 g/mol. The lowest BCUT2D eigenvalue weighted by atomic mass is 9.85. The smallest absolute Gasteiger partial charge is 0.0252 e. The van der Waals surface area contributed by atoms with Gasteiger partial charge in [0.2, 0.25) is 0 Å².